The monoisotopic (exact) mass is 580 g/mol. The van der Waals surface area contributed by atoms with Gasteiger partial charge in [0.05, 0.1) is 0 Å². The molecule has 0 saturated heterocycles. The van der Waals surface area contributed by atoms with E-state index in [1.807, 2.05) is 30.3 Å². The number of hydrogen-bond donors (Lipinski definition) is 0. The molecule has 0 radical (unpaired) electrons. The van der Waals surface area contributed by atoms with Gasteiger partial charge in [0.15, 0.2) is 0 Å². The molecule has 0 bridgehead atoms. The maximum absolute atomic E-state index is 6.73. The van der Waals surface area contributed by atoms with Gasteiger partial charge in [0, 0.05) is 16.2 Å². The molecule has 2 heteroatoms. The average Bonchev–Trinajstić information content (AvgIpc) is 3.04. The second kappa shape index (κ2) is 10.8. The zero-order valence-electron chi connectivity index (χ0n) is 25.6. The first-order valence-corrected chi connectivity index (χ1v) is 15.4. The van der Waals surface area contributed by atoms with Crippen LogP contribution >= 0.6 is 0 Å². The summed E-state index contributed by atoms with van der Waals surface area (Å²) in [4.78, 5) is 0. The molecule has 8 rings (SSSR count). The van der Waals surface area contributed by atoms with E-state index >= 15 is 0 Å². The van der Waals surface area contributed by atoms with Gasteiger partial charge in [0.2, 0.25) is 0 Å². The lowest BCUT2D eigenvalue weighted by atomic mass is 9.90. The standard InChI is InChI=1S/C43H32O2/c1-27-16-20-34-30(24-27)8-4-11-38(34)43-29(3)18-22-37-39(43)12-7-15-42(37)45-41-14-6-10-32-26-33(19-23-36(32)41)44-40-13-5-9-31-25-28(2)17-21-35(31)40/h4-26H,1-3H3. The Morgan fingerprint density at radius 3 is 1.64 bits per heavy atom. The predicted octanol–water partition coefficient (Wildman–Crippen LogP) is 12.5. The second-order valence-corrected chi connectivity index (χ2v) is 12.0. The van der Waals surface area contributed by atoms with Gasteiger partial charge in [-0.2, -0.15) is 0 Å². The molecular weight excluding hydrogens is 548 g/mol. The molecule has 45 heavy (non-hydrogen) atoms. The molecule has 0 aliphatic rings. The molecule has 0 saturated carbocycles. The molecule has 8 aromatic carbocycles. The van der Waals surface area contributed by atoms with E-state index in [0.29, 0.717) is 0 Å². The highest BCUT2D eigenvalue weighted by Crippen LogP contribution is 2.42. The first-order valence-electron chi connectivity index (χ1n) is 15.4. The molecule has 0 fully saturated rings. The van der Waals surface area contributed by atoms with Crippen molar-refractivity contribution >= 4 is 43.1 Å². The smallest absolute Gasteiger partial charge is 0.135 e. The van der Waals surface area contributed by atoms with E-state index in [2.05, 4.69) is 130 Å². The third kappa shape index (κ3) is 4.85. The lowest BCUT2D eigenvalue weighted by Gasteiger charge is -2.17. The van der Waals surface area contributed by atoms with Crippen LogP contribution in [0.4, 0.5) is 0 Å². The van der Waals surface area contributed by atoms with E-state index in [4.69, 9.17) is 9.47 Å². The van der Waals surface area contributed by atoms with Crippen LogP contribution in [-0.4, -0.2) is 0 Å². The summed E-state index contributed by atoms with van der Waals surface area (Å²) < 4.78 is 13.1. The summed E-state index contributed by atoms with van der Waals surface area (Å²) in [5, 5.41) is 9.15. The normalized spacial score (nSPS) is 11.4. The molecule has 0 aromatic heterocycles. The minimum Gasteiger partial charge on any atom is -0.457 e. The molecule has 0 atom stereocenters. The number of aryl methyl sites for hydroxylation is 3. The van der Waals surface area contributed by atoms with Crippen molar-refractivity contribution in [3.8, 4) is 34.1 Å². The molecule has 216 valence electrons. The number of benzene rings is 8. The molecule has 0 unspecified atom stereocenters. The first kappa shape index (κ1) is 27.0. The minimum absolute atomic E-state index is 0.795. The number of fused-ring (bicyclic) bond motifs is 4. The van der Waals surface area contributed by atoms with Crippen molar-refractivity contribution in [2.75, 3.05) is 0 Å². The third-order valence-corrected chi connectivity index (χ3v) is 8.79. The van der Waals surface area contributed by atoms with Gasteiger partial charge >= 0.3 is 0 Å². The van der Waals surface area contributed by atoms with Gasteiger partial charge < -0.3 is 9.47 Å². The Hall–Kier alpha value is -5.60. The SMILES string of the molecule is Cc1ccc2c(Oc3ccc4c(Oc5cccc6c(-c7cccc8cc(C)ccc78)c(C)ccc56)cccc4c3)cccc2c1. The van der Waals surface area contributed by atoms with E-state index in [0.717, 1.165) is 44.5 Å². The number of rotatable bonds is 5. The van der Waals surface area contributed by atoms with Crippen LogP contribution in [0.15, 0.2) is 140 Å². The van der Waals surface area contributed by atoms with Crippen LogP contribution in [0.2, 0.25) is 0 Å². The van der Waals surface area contributed by atoms with Crippen molar-refractivity contribution in [2.45, 2.75) is 20.8 Å². The highest BCUT2D eigenvalue weighted by atomic mass is 16.5. The largest absolute Gasteiger partial charge is 0.457 e. The molecule has 0 aliphatic heterocycles. The van der Waals surface area contributed by atoms with E-state index in [1.165, 1.54) is 49.4 Å². The Bertz CT molecular complexity index is 2420. The lowest BCUT2D eigenvalue weighted by molar-refractivity contribution is 0.488. The van der Waals surface area contributed by atoms with Crippen LogP contribution in [-0.2, 0) is 0 Å². The summed E-state index contributed by atoms with van der Waals surface area (Å²) >= 11 is 0. The second-order valence-electron chi connectivity index (χ2n) is 12.0. The highest BCUT2D eigenvalue weighted by molar-refractivity contribution is 6.08. The zero-order chi connectivity index (χ0) is 30.5. The van der Waals surface area contributed by atoms with Crippen LogP contribution in [0, 0.1) is 20.8 Å². The summed E-state index contributed by atoms with van der Waals surface area (Å²) in [5.41, 5.74) is 6.23. The van der Waals surface area contributed by atoms with Gasteiger partial charge in [-0.15, -0.1) is 0 Å². The Labute approximate surface area is 263 Å². The fourth-order valence-electron chi connectivity index (χ4n) is 6.60. The zero-order valence-corrected chi connectivity index (χ0v) is 25.6. The molecule has 2 nitrogen and oxygen atoms in total. The van der Waals surface area contributed by atoms with Crippen molar-refractivity contribution < 1.29 is 9.47 Å². The average molecular weight is 581 g/mol. The fourth-order valence-corrected chi connectivity index (χ4v) is 6.60. The Morgan fingerprint density at radius 2 is 0.911 bits per heavy atom. The maximum Gasteiger partial charge on any atom is 0.135 e. The van der Waals surface area contributed by atoms with Crippen LogP contribution in [0.1, 0.15) is 16.7 Å². The molecular formula is C43H32O2. The van der Waals surface area contributed by atoms with Crippen molar-refractivity contribution in [3.05, 3.63) is 156 Å². The Morgan fingerprint density at radius 1 is 0.378 bits per heavy atom. The summed E-state index contributed by atoms with van der Waals surface area (Å²) in [6.07, 6.45) is 0. The molecule has 0 spiro atoms. The van der Waals surface area contributed by atoms with Gasteiger partial charge in [-0.25, -0.2) is 0 Å². The fraction of sp³-hybridized carbons (Fsp3) is 0.0698. The maximum atomic E-state index is 6.73. The molecule has 8 aromatic rings. The number of ether oxygens (including phenoxy) is 2. The van der Waals surface area contributed by atoms with E-state index in [9.17, 15) is 0 Å². The van der Waals surface area contributed by atoms with E-state index in [-0.39, 0.29) is 0 Å². The summed E-state index contributed by atoms with van der Waals surface area (Å²) in [6.45, 7) is 6.45. The highest BCUT2D eigenvalue weighted by Gasteiger charge is 2.15. The van der Waals surface area contributed by atoms with Crippen molar-refractivity contribution in [1.29, 1.82) is 0 Å². The Balaban J connectivity index is 1.18. The predicted molar refractivity (Wildman–Crippen MR) is 189 cm³/mol. The van der Waals surface area contributed by atoms with Crippen LogP contribution in [0.25, 0.3) is 54.2 Å². The van der Waals surface area contributed by atoms with Crippen molar-refractivity contribution in [1.82, 2.24) is 0 Å². The first-order chi connectivity index (χ1) is 22.0. The van der Waals surface area contributed by atoms with E-state index in [1.54, 1.807) is 0 Å². The van der Waals surface area contributed by atoms with Crippen LogP contribution in [0.3, 0.4) is 0 Å². The van der Waals surface area contributed by atoms with Gasteiger partial charge in [0.25, 0.3) is 0 Å². The summed E-state index contributed by atoms with van der Waals surface area (Å²) in [6, 6.07) is 49.1. The quantitative estimate of drug-likeness (QED) is 0.202. The lowest BCUT2D eigenvalue weighted by Crippen LogP contribution is -1.92. The molecule has 0 heterocycles. The van der Waals surface area contributed by atoms with Gasteiger partial charge in [-0.3, -0.25) is 0 Å². The van der Waals surface area contributed by atoms with Crippen molar-refractivity contribution in [2.24, 2.45) is 0 Å². The molecule has 0 aliphatic carbocycles. The molecule has 0 amide bonds. The molecule has 0 N–H and O–H groups in total. The van der Waals surface area contributed by atoms with Gasteiger partial charge in [0.1, 0.15) is 23.0 Å². The van der Waals surface area contributed by atoms with Gasteiger partial charge in [-0.05, 0) is 101 Å². The van der Waals surface area contributed by atoms with Gasteiger partial charge in [-0.1, -0.05) is 114 Å². The van der Waals surface area contributed by atoms with Crippen molar-refractivity contribution in [3.63, 3.8) is 0 Å². The minimum atomic E-state index is 0.795. The number of hydrogen-bond acceptors (Lipinski definition) is 2. The Kier molecular flexibility index (Phi) is 6.50. The van der Waals surface area contributed by atoms with E-state index < -0.39 is 0 Å². The topological polar surface area (TPSA) is 18.5 Å². The summed E-state index contributed by atoms with van der Waals surface area (Å²) in [7, 11) is 0. The summed E-state index contributed by atoms with van der Waals surface area (Å²) in [5.74, 6) is 3.30. The third-order valence-electron chi connectivity index (χ3n) is 8.79. The van der Waals surface area contributed by atoms with Crippen LogP contribution < -0.4 is 9.47 Å². The van der Waals surface area contributed by atoms with Crippen LogP contribution in [0.5, 0.6) is 23.0 Å².